The molecule has 9 heteroatoms. The van der Waals surface area contributed by atoms with Gasteiger partial charge in [-0.05, 0) is 29.8 Å². The van der Waals surface area contributed by atoms with Gasteiger partial charge in [-0.25, -0.2) is 4.98 Å². The molecule has 2 saturated heterocycles. The number of halogens is 1. The smallest absolute Gasteiger partial charge is 0.216 e. The van der Waals surface area contributed by atoms with Crippen molar-refractivity contribution in [2.45, 2.75) is 6.92 Å². The molecule has 0 bridgehead atoms. The predicted molar refractivity (Wildman–Crippen MR) is 108 cm³/mol. The van der Waals surface area contributed by atoms with Crippen molar-refractivity contribution in [1.82, 2.24) is 25.2 Å². The Labute approximate surface area is 166 Å². The molecule has 2 aromatic heterocycles. The number of hydrogen-bond donors (Lipinski definition) is 0. The van der Waals surface area contributed by atoms with E-state index in [4.69, 9.17) is 11.6 Å². The zero-order valence-corrected chi connectivity index (χ0v) is 16.8. The van der Waals surface area contributed by atoms with Gasteiger partial charge in [0, 0.05) is 48.7 Å². The van der Waals surface area contributed by atoms with Crippen LogP contribution in [-0.2, 0) is 7.05 Å². The van der Waals surface area contributed by atoms with Crippen molar-refractivity contribution < 1.29 is 0 Å². The van der Waals surface area contributed by atoms with Gasteiger partial charge in [0.05, 0.1) is 18.1 Å². The summed E-state index contributed by atoms with van der Waals surface area (Å²) in [5, 5.41) is 14.1. The third-order valence-corrected chi connectivity index (χ3v) is 6.78. The van der Waals surface area contributed by atoms with E-state index < -0.39 is 0 Å². The highest BCUT2D eigenvalue weighted by Crippen LogP contribution is 2.39. The Morgan fingerprint density at radius 2 is 1.85 bits per heavy atom. The highest BCUT2D eigenvalue weighted by Gasteiger charge is 2.41. The summed E-state index contributed by atoms with van der Waals surface area (Å²) in [5.74, 6) is 1.96. The molecular weight excluding hydrogens is 382 g/mol. The van der Waals surface area contributed by atoms with Crippen LogP contribution in [0.15, 0.2) is 24.4 Å². The number of thiazole rings is 1. The summed E-state index contributed by atoms with van der Waals surface area (Å²) >= 11 is 7.86. The zero-order valence-electron chi connectivity index (χ0n) is 15.2. The third kappa shape index (κ3) is 3.06. The molecule has 5 rings (SSSR count). The first-order valence-electron chi connectivity index (χ1n) is 9.03. The lowest BCUT2D eigenvalue weighted by atomic mass is 10.0. The summed E-state index contributed by atoms with van der Waals surface area (Å²) in [6.45, 7) is 6.39. The minimum absolute atomic E-state index is 0.642. The van der Waals surface area contributed by atoms with Gasteiger partial charge in [0.15, 0.2) is 5.13 Å². The van der Waals surface area contributed by atoms with Gasteiger partial charge in [0.1, 0.15) is 0 Å². The van der Waals surface area contributed by atoms with E-state index in [1.54, 1.807) is 18.4 Å². The number of anilines is 2. The zero-order chi connectivity index (χ0) is 18.5. The molecule has 2 fully saturated rings. The molecule has 27 heavy (non-hydrogen) atoms. The third-order valence-electron chi connectivity index (χ3n) is 5.49. The molecule has 2 aliphatic rings. The lowest BCUT2D eigenvalue weighted by Gasteiger charge is -2.24. The Morgan fingerprint density at radius 1 is 1.11 bits per heavy atom. The number of aromatic nitrogens is 5. The number of nitrogens with zero attached hydrogens (tertiary/aromatic N) is 7. The molecule has 2 atom stereocenters. The average molecular weight is 402 g/mol. The molecule has 3 aromatic rings. The second-order valence-corrected chi connectivity index (χ2v) is 8.82. The van der Waals surface area contributed by atoms with Crippen LogP contribution in [0.1, 0.15) is 5.56 Å². The van der Waals surface area contributed by atoms with Gasteiger partial charge in [-0.1, -0.05) is 29.0 Å². The van der Waals surface area contributed by atoms with Crippen molar-refractivity contribution in [3.63, 3.8) is 0 Å². The Balaban J connectivity index is 1.29. The van der Waals surface area contributed by atoms with E-state index in [0.29, 0.717) is 17.7 Å². The monoisotopic (exact) mass is 401 g/mol. The topological polar surface area (TPSA) is 63.0 Å². The van der Waals surface area contributed by atoms with Crippen LogP contribution in [-0.4, -0.2) is 51.4 Å². The number of tetrazole rings is 1. The van der Waals surface area contributed by atoms with E-state index in [1.165, 1.54) is 16.0 Å². The quantitative estimate of drug-likeness (QED) is 0.672. The summed E-state index contributed by atoms with van der Waals surface area (Å²) in [6, 6.07) is 6.16. The number of rotatable bonds is 3. The van der Waals surface area contributed by atoms with Gasteiger partial charge < -0.3 is 9.80 Å². The molecule has 0 radical (unpaired) electrons. The van der Waals surface area contributed by atoms with Crippen LogP contribution in [0.5, 0.6) is 0 Å². The number of aryl methyl sites for hydroxylation is 2. The van der Waals surface area contributed by atoms with Crippen molar-refractivity contribution in [2.75, 3.05) is 36.0 Å². The predicted octanol–water partition coefficient (Wildman–Crippen LogP) is 2.87. The van der Waals surface area contributed by atoms with Gasteiger partial charge in [-0.3, -0.25) is 0 Å². The Morgan fingerprint density at radius 3 is 2.56 bits per heavy atom. The van der Waals surface area contributed by atoms with Gasteiger partial charge in [-0.2, -0.15) is 4.80 Å². The van der Waals surface area contributed by atoms with Gasteiger partial charge in [-0.15, -0.1) is 10.2 Å². The van der Waals surface area contributed by atoms with Crippen molar-refractivity contribution in [3.8, 4) is 10.7 Å². The normalized spacial score (nSPS) is 21.9. The highest BCUT2D eigenvalue weighted by molar-refractivity contribution is 7.18. The van der Waals surface area contributed by atoms with E-state index in [9.17, 15) is 0 Å². The standard InChI is InChI=1S/C18H20ClN7S/c1-11-3-4-14(19)5-15(11)25-7-12-9-26(10-13(12)8-25)18-20-6-16(27-18)17-21-23-24(2)22-17/h3-6,12-13H,7-10H2,1-2H3. The van der Waals surface area contributed by atoms with Gasteiger partial charge in [0.2, 0.25) is 5.82 Å². The fourth-order valence-corrected chi connectivity index (χ4v) is 5.19. The summed E-state index contributed by atoms with van der Waals surface area (Å²) < 4.78 is 0. The number of fused-ring (bicyclic) bond motifs is 1. The molecule has 0 N–H and O–H groups in total. The molecule has 140 valence electrons. The lowest BCUT2D eigenvalue weighted by molar-refractivity contribution is 0.533. The van der Waals surface area contributed by atoms with Gasteiger partial charge in [0.25, 0.3) is 0 Å². The maximum Gasteiger partial charge on any atom is 0.216 e. The maximum absolute atomic E-state index is 6.22. The van der Waals surface area contributed by atoms with Crippen LogP contribution >= 0.6 is 22.9 Å². The minimum atomic E-state index is 0.642. The Kier molecular flexibility index (Phi) is 4.05. The average Bonchev–Trinajstić information content (AvgIpc) is 3.38. The fraction of sp³-hybridized carbons (Fsp3) is 0.444. The van der Waals surface area contributed by atoms with Crippen LogP contribution in [0, 0.1) is 18.8 Å². The highest BCUT2D eigenvalue weighted by atomic mass is 35.5. The van der Waals surface area contributed by atoms with Crippen LogP contribution in [0.2, 0.25) is 5.02 Å². The SMILES string of the molecule is Cc1ccc(Cl)cc1N1CC2CN(c3ncc(-c4nnn(C)n4)s3)CC2C1. The molecule has 7 nitrogen and oxygen atoms in total. The van der Waals surface area contributed by atoms with Crippen molar-refractivity contribution in [3.05, 3.63) is 35.0 Å². The first kappa shape index (κ1) is 16.9. The molecule has 2 aliphatic heterocycles. The fourth-order valence-electron chi connectivity index (χ4n) is 4.17. The second kappa shape index (κ2) is 6.45. The van der Waals surface area contributed by atoms with Crippen molar-refractivity contribution >= 4 is 33.8 Å². The molecular formula is C18H20ClN7S. The molecule has 0 saturated carbocycles. The number of benzene rings is 1. The molecule has 2 unspecified atom stereocenters. The molecule has 0 amide bonds. The van der Waals surface area contributed by atoms with Crippen molar-refractivity contribution in [1.29, 1.82) is 0 Å². The first-order chi connectivity index (χ1) is 13.1. The summed E-state index contributed by atoms with van der Waals surface area (Å²) in [6.07, 6.45) is 1.85. The van der Waals surface area contributed by atoms with Gasteiger partial charge >= 0.3 is 0 Å². The second-order valence-electron chi connectivity index (χ2n) is 7.37. The van der Waals surface area contributed by atoms with E-state index in [0.717, 1.165) is 41.2 Å². The maximum atomic E-state index is 6.22. The van der Waals surface area contributed by atoms with Crippen LogP contribution in [0.3, 0.4) is 0 Å². The number of hydrogen-bond acceptors (Lipinski definition) is 7. The Bertz CT molecular complexity index is 970. The van der Waals surface area contributed by atoms with Crippen LogP contribution in [0.25, 0.3) is 10.7 Å². The Hall–Kier alpha value is -2.19. The summed E-state index contributed by atoms with van der Waals surface area (Å²) in [5.41, 5.74) is 2.56. The van der Waals surface area contributed by atoms with E-state index in [1.807, 2.05) is 12.3 Å². The molecule has 1 aromatic carbocycles. The van der Waals surface area contributed by atoms with Crippen LogP contribution < -0.4 is 9.80 Å². The molecule has 4 heterocycles. The molecule has 0 spiro atoms. The molecule has 0 aliphatic carbocycles. The van der Waals surface area contributed by atoms with Crippen molar-refractivity contribution in [2.24, 2.45) is 18.9 Å². The largest absolute Gasteiger partial charge is 0.371 e. The first-order valence-corrected chi connectivity index (χ1v) is 10.2. The summed E-state index contributed by atoms with van der Waals surface area (Å²) in [4.78, 5) is 11.9. The van der Waals surface area contributed by atoms with Crippen LogP contribution in [0.4, 0.5) is 10.8 Å². The lowest BCUT2D eigenvalue weighted by Crippen LogP contribution is -2.29. The van der Waals surface area contributed by atoms with E-state index in [-0.39, 0.29) is 0 Å². The summed E-state index contributed by atoms with van der Waals surface area (Å²) in [7, 11) is 1.77. The van der Waals surface area contributed by atoms with E-state index >= 15 is 0 Å². The van der Waals surface area contributed by atoms with E-state index in [2.05, 4.69) is 49.3 Å². The minimum Gasteiger partial charge on any atom is -0.371 e.